The van der Waals surface area contributed by atoms with Crippen LogP contribution in [0.15, 0.2) is 0 Å². The molecule has 2 N–H and O–H groups in total. The summed E-state index contributed by atoms with van der Waals surface area (Å²) in [6.07, 6.45) is 4.42. The highest BCUT2D eigenvalue weighted by atomic mass is 16.5. The third kappa shape index (κ3) is 2.74. The van der Waals surface area contributed by atoms with Gasteiger partial charge < -0.3 is 15.4 Å². The molecule has 4 nitrogen and oxygen atoms in total. The summed E-state index contributed by atoms with van der Waals surface area (Å²) >= 11 is 0. The Labute approximate surface area is 97.1 Å². The molecule has 0 aromatic carbocycles. The molecule has 1 aliphatic heterocycles. The van der Waals surface area contributed by atoms with Crippen LogP contribution in [0.5, 0.6) is 0 Å². The van der Waals surface area contributed by atoms with Gasteiger partial charge in [-0.3, -0.25) is 4.79 Å². The second-order valence-corrected chi connectivity index (χ2v) is 5.17. The van der Waals surface area contributed by atoms with E-state index in [1.165, 1.54) is 6.42 Å². The predicted molar refractivity (Wildman–Crippen MR) is 62.2 cm³/mol. The molecule has 16 heavy (non-hydrogen) atoms. The van der Waals surface area contributed by atoms with Crippen molar-refractivity contribution < 1.29 is 9.53 Å². The number of rotatable bonds is 3. The van der Waals surface area contributed by atoms with Crippen LogP contribution in [0.3, 0.4) is 0 Å². The van der Waals surface area contributed by atoms with Gasteiger partial charge >= 0.3 is 0 Å². The van der Waals surface area contributed by atoms with Crippen molar-refractivity contribution in [1.29, 1.82) is 0 Å². The number of amides is 1. The van der Waals surface area contributed by atoms with E-state index >= 15 is 0 Å². The normalized spacial score (nSPS) is 38.9. The average molecular weight is 226 g/mol. The average Bonchev–Trinajstić information content (AvgIpc) is 2.22. The van der Waals surface area contributed by atoms with Crippen molar-refractivity contribution in [3.8, 4) is 0 Å². The van der Waals surface area contributed by atoms with Crippen molar-refractivity contribution in [2.45, 2.75) is 50.8 Å². The van der Waals surface area contributed by atoms with E-state index in [2.05, 4.69) is 17.6 Å². The van der Waals surface area contributed by atoms with Crippen molar-refractivity contribution in [3.05, 3.63) is 0 Å². The number of carbonyl (C=O) groups excluding carboxylic acids is 1. The highest BCUT2D eigenvalue weighted by Gasteiger charge is 2.32. The molecule has 2 unspecified atom stereocenters. The van der Waals surface area contributed by atoms with Gasteiger partial charge in [0.15, 0.2) is 0 Å². The zero-order chi connectivity index (χ0) is 11.5. The SMILES string of the molecule is COC1CC(NC(=O)C2CC(C)CCN2)C1. The maximum absolute atomic E-state index is 11.9. The standard InChI is InChI=1S/C12H22N2O2/c1-8-3-4-13-11(5-8)12(15)14-9-6-10(7-9)16-2/h8-11,13H,3-7H2,1-2H3,(H,14,15). The van der Waals surface area contributed by atoms with Crippen molar-refractivity contribution in [3.63, 3.8) is 0 Å². The number of hydrogen-bond acceptors (Lipinski definition) is 3. The molecular weight excluding hydrogens is 204 g/mol. The molecule has 1 saturated carbocycles. The molecule has 1 aliphatic carbocycles. The Morgan fingerprint density at radius 1 is 1.38 bits per heavy atom. The summed E-state index contributed by atoms with van der Waals surface area (Å²) in [5, 5.41) is 6.37. The van der Waals surface area contributed by atoms with Crippen LogP contribution in [0.25, 0.3) is 0 Å². The van der Waals surface area contributed by atoms with Crippen LogP contribution >= 0.6 is 0 Å². The summed E-state index contributed by atoms with van der Waals surface area (Å²) in [5.74, 6) is 0.830. The molecule has 2 rings (SSSR count). The number of nitrogens with one attached hydrogen (secondary N) is 2. The lowest BCUT2D eigenvalue weighted by molar-refractivity contribution is -0.126. The van der Waals surface area contributed by atoms with Crippen molar-refractivity contribution >= 4 is 5.91 Å². The number of carbonyl (C=O) groups is 1. The van der Waals surface area contributed by atoms with Crippen LogP contribution in [-0.2, 0) is 9.53 Å². The number of methoxy groups -OCH3 is 1. The van der Waals surface area contributed by atoms with E-state index in [0.29, 0.717) is 18.1 Å². The molecule has 2 atom stereocenters. The van der Waals surface area contributed by atoms with Gasteiger partial charge in [-0.05, 0) is 38.1 Å². The second kappa shape index (κ2) is 5.15. The first-order valence-corrected chi connectivity index (χ1v) is 6.25. The van der Waals surface area contributed by atoms with E-state index in [9.17, 15) is 4.79 Å². The molecule has 2 fully saturated rings. The fourth-order valence-corrected chi connectivity index (χ4v) is 2.48. The Balaban J connectivity index is 1.71. The lowest BCUT2D eigenvalue weighted by Crippen LogP contribution is -2.54. The van der Waals surface area contributed by atoms with Crippen LogP contribution in [0.1, 0.15) is 32.6 Å². The summed E-state index contributed by atoms with van der Waals surface area (Å²) in [7, 11) is 1.73. The summed E-state index contributed by atoms with van der Waals surface area (Å²) < 4.78 is 5.19. The van der Waals surface area contributed by atoms with E-state index in [-0.39, 0.29) is 11.9 Å². The zero-order valence-electron chi connectivity index (χ0n) is 10.2. The predicted octanol–water partition coefficient (Wildman–Crippen LogP) is 0.668. The summed E-state index contributed by atoms with van der Waals surface area (Å²) in [4.78, 5) is 11.9. The van der Waals surface area contributed by atoms with Gasteiger partial charge in [-0.1, -0.05) is 6.92 Å². The first-order valence-electron chi connectivity index (χ1n) is 6.25. The maximum atomic E-state index is 11.9. The molecule has 0 bridgehead atoms. The number of hydrogen-bond donors (Lipinski definition) is 2. The van der Waals surface area contributed by atoms with E-state index in [1.54, 1.807) is 7.11 Å². The molecule has 0 aromatic heterocycles. The summed E-state index contributed by atoms with van der Waals surface area (Å²) in [6, 6.07) is 0.349. The smallest absolute Gasteiger partial charge is 0.237 e. The van der Waals surface area contributed by atoms with E-state index < -0.39 is 0 Å². The zero-order valence-corrected chi connectivity index (χ0v) is 10.2. The lowest BCUT2D eigenvalue weighted by Gasteiger charge is -2.36. The highest BCUT2D eigenvalue weighted by Crippen LogP contribution is 2.23. The van der Waals surface area contributed by atoms with Gasteiger partial charge in [-0.15, -0.1) is 0 Å². The third-order valence-corrected chi connectivity index (χ3v) is 3.76. The minimum absolute atomic E-state index is 0.0188. The van der Waals surface area contributed by atoms with Crippen LogP contribution in [0, 0.1) is 5.92 Å². The summed E-state index contributed by atoms with van der Waals surface area (Å²) in [6.45, 7) is 3.18. The fraction of sp³-hybridized carbons (Fsp3) is 0.917. The van der Waals surface area contributed by atoms with Gasteiger partial charge in [0.2, 0.25) is 5.91 Å². The van der Waals surface area contributed by atoms with Crippen LogP contribution < -0.4 is 10.6 Å². The molecule has 1 amide bonds. The number of ether oxygens (including phenoxy) is 1. The third-order valence-electron chi connectivity index (χ3n) is 3.76. The Hall–Kier alpha value is -0.610. The Kier molecular flexibility index (Phi) is 3.82. The summed E-state index contributed by atoms with van der Waals surface area (Å²) in [5.41, 5.74) is 0. The van der Waals surface area contributed by atoms with Gasteiger partial charge in [-0.25, -0.2) is 0 Å². The van der Waals surface area contributed by atoms with Crippen LogP contribution in [0.4, 0.5) is 0 Å². The van der Waals surface area contributed by atoms with Crippen LogP contribution in [-0.4, -0.2) is 37.7 Å². The quantitative estimate of drug-likeness (QED) is 0.743. The highest BCUT2D eigenvalue weighted by molar-refractivity contribution is 5.82. The molecule has 2 aliphatic rings. The lowest BCUT2D eigenvalue weighted by atomic mass is 9.88. The first kappa shape index (κ1) is 11.9. The molecule has 4 heteroatoms. The van der Waals surface area contributed by atoms with Gasteiger partial charge in [0.1, 0.15) is 0 Å². The van der Waals surface area contributed by atoms with Gasteiger partial charge in [0, 0.05) is 13.2 Å². The second-order valence-electron chi connectivity index (χ2n) is 5.17. The molecule has 0 spiro atoms. The Morgan fingerprint density at radius 3 is 2.75 bits per heavy atom. The van der Waals surface area contributed by atoms with Crippen LogP contribution in [0.2, 0.25) is 0 Å². The largest absolute Gasteiger partial charge is 0.381 e. The van der Waals surface area contributed by atoms with E-state index in [0.717, 1.165) is 25.8 Å². The molecule has 1 saturated heterocycles. The maximum Gasteiger partial charge on any atom is 0.237 e. The fourth-order valence-electron chi connectivity index (χ4n) is 2.48. The minimum atomic E-state index is 0.0188. The van der Waals surface area contributed by atoms with Gasteiger partial charge in [0.25, 0.3) is 0 Å². The molecule has 92 valence electrons. The number of piperidine rings is 1. The van der Waals surface area contributed by atoms with Crippen molar-refractivity contribution in [2.75, 3.05) is 13.7 Å². The van der Waals surface area contributed by atoms with Gasteiger partial charge in [0.05, 0.1) is 12.1 Å². The molecular formula is C12H22N2O2. The van der Waals surface area contributed by atoms with Crippen molar-refractivity contribution in [1.82, 2.24) is 10.6 Å². The minimum Gasteiger partial charge on any atom is -0.381 e. The van der Waals surface area contributed by atoms with E-state index in [1.807, 2.05) is 0 Å². The Morgan fingerprint density at radius 2 is 2.12 bits per heavy atom. The topological polar surface area (TPSA) is 50.4 Å². The monoisotopic (exact) mass is 226 g/mol. The van der Waals surface area contributed by atoms with Gasteiger partial charge in [-0.2, -0.15) is 0 Å². The first-order chi connectivity index (χ1) is 7.69. The van der Waals surface area contributed by atoms with Crippen molar-refractivity contribution in [2.24, 2.45) is 5.92 Å². The molecule has 0 aromatic rings. The van der Waals surface area contributed by atoms with E-state index in [4.69, 9.17) is 4.74 Å². The molecule has 0 radical (unpaired) electrons. The Bertz CT molecular complexity index is 251. The molecule has 1 heterocycles.